The number of carbonyl (C=O) groups excluding carboxylic acids is 1. The lowest BCUT2D eigenvalue weighted by Gasteiger charge is -2.08. The first-order chi connectivity index (χ1) is 12.1. The molecule has 25 heavy (non-hydrogen) atoms. The number of nitrogens with one attached hydrogen (secondary N) is 2. The first kappa shape index (κ1) is 16.1. The lowest BCUT2D eigenvalue weighted by Crippen LogP contribution is -2.14. The normalized spacial score (nSPS) is 13.7. The maximum Gasteiger partial charge on any atom is 0.259 e. The van der Waals surface area contributed by atoms with E-state index in [-0.39, 0.29) is 11.5 Å². The lowest BCUT2D eigenvalue weighted by molar-refractivity contribution is 0.102. The fraction of sp³-hybridized carbons (Fsp3) is 0.167. The highest BCUT2D eigenvalue weighted by Gasteiger charge is 2.32. The molecule has 0 saturated heterocycles. The van der Waals surface area contributed by atoms with Crippen LogP contribution in [0.2, 0.25) is 10.0 Å². The van der Waals surface area contributed by atoms with Gasteiger partial charge in [0.1, 0.15) is 0 Å². The number of aromatic nitrogens is 3. The first-order valence-electron chi connectivity index (χ1n) is 7.90. The third-order valence-electron chi connectivity index (χ3n) is 4.13. The molecule has 0 radical (unpaired) electrons. The zero-order valence-electron chi connectivity index (χ0n) is 13.1. The van der Waals surface area contributed by atoms with Crippen molar-refractivity contribution in [1.29, 1.82) is 0 Å². The van der Waals surface area contributed by atoms with E-state index in [1.165, 1.54) is 0 Å². The minimum atomic E-state index is -0.378. The Balaban J connectivity index is 1.70. The van der Waals surface area contributed by atoms with E-state index in [2.05, 4.69) is 20.5 Å². The van der Waals surface area contributed by atoms with Gasteiger partial charge in [0, 0.05) is 11.8 Å². The van der Waals surface area contributed by atoms with Crippen LogP contribution in [0, 0.1) is 0 Å². The van der Waals surface area contributed by atoms with Gasteiger partial charge in [-0.3, -0.25) is 14.9 Å². The monoisotopic (exact) mass is 372 g/mol. The SMILES string of the molecule is O=C(Nc1n[nH]c(-c2ccccn2)c1C1CC1)c1c(Cl)cccc1Cl. The number of pyridine rings is 1. The molecule has 2 aromatic heterocycles. The molecule has 4 rings (SSSR count). The van der Waals surface area contributed by atoms with Gasteiger partial charge in [-0.05, 0) is 43.0 Å². The van der Waals surface area contributed by atoms with Crippen LogP contribution >= 0.6 is 23.2 Å². The molecule has 7 heteroatoms. The number of benzene rings is 1. The second kappa shape index (κ2) is 6.50. The quantitative estimate of drug-likeness (QED) is 0.683. The number of halogens is 2. The van der Waals surface area contributed by atoms with Gasteiger partial charge >= 0.3 is 0 Å². The number of aromatic amines is 1. The van der Waals surface area contributed by atoms with E-state index in [1.54, 1.807) is 24.4 Å². The number of H-pyrrole nitrogens is 1. The number of hydrogen-bond acceptors (Lipinski definition) is 3. The van der Waals surface area contributed by atoms with Gasteiger partial charge in [0.15, 0.2) is 5.82 Å². The number of carbonyl (C=O) groups is 1. The molecule has 0 spiro atoms. The molecule has 0 bridgehead atoms. The predicted octanol–water partition coefficient (Wildman–Crippen LogP) is 4.91. The summed E-state index contributed by atoms with van der Waals surface area (Å²) in [6, 6.07) is 10.7. The molecule has 1 aromatic carbocycles. The minimum Gasteiger partial charge on any atom is -0.305 e. The Morgan fingerprint density at radius 2 is 1.88 bits per heavy atom. The van der Waals surface area contributed by atoms with Crippen LogP contribution in [0.1, 0.15) is 34.7 Å². The second-order valence-electron chi connectivity index (χ2n) is 5.90. The smallest absolute Gasteiger partial charge is 0.259 e. The van der Waals surface area contributed by atoms with Gasteiger partial charge in [-0.25, -0.2) is 0 Å². The van der Waals surface area contributed by atoms with Crippen LogP contribution in [0.5, 0.6) is 0 Å². The standard InChI is InChI=1S/C18H14Cl2N4O/c19-11-4-3-5-12(20)15(11)18(25)22-17-14(10-7-8-10)16(23-24-17)13-6-1-2-9-21-13/h1-6,9-10H,7-8H2,(H2,22,23,24,25). The van der Waals surface area contributed by atoms with Crippen molar-refractivity contribution in [3.63, 3.8) is 0 Å². The van der Waals surface area contributed by atoms with Crippen molar-refractivity contribution in [2.24, 2.45) is 0 Å². The van der Waals surface area contributed by atoms with E-state index >= 15 is 0 Å². The van der Waals surface area contributed by atoms with Crippen LogP contribution in [0.15, 0.2) is 42.6 Å². The van der Waals surface area contributed by atoms with Crippen LogP contribution in [0.3, 0.4) is 0 Å². The van der Waals surface area contributed by atoms with E-state index in [9.17, 15) is 4.79 Å². The number of nitrogens with zero attached hydrogens (tertiary/aromatic N) is 2. The summed E-state index contributed by atoms with van der Waals surface area (Å²) in [5.41, 5.74) is 2.86. The van der Waals surface area contributed by atoms with Gasteiger partial charge < -0.3 is 5.32 Å². The predicted molar refractivity (Wildman–Crippen MR) is 98.2 cm³/mol. The summed E-state index contributed by atoms with van der Waals surface area (Å²) in [6.07, 6.45) is 3.86. The van der Waals surface area contributed by atoms with Crippen molar-refractivity contribution in [2.45, 2.75) is 18.8 Å². The topological polar surface area (TPSA) is 70.7 Å². The molecule has 126 valence electrons. The van der Waals surface area contributed by atoms with Crippen LogP contribution in [0.4, 0.5) is 5.82 Å². The summed E-state index contributed by atoms with van der Waals surface area (Å²) in [7, 11) is 0. The highest BCUT2D eigenvalue weighted by atomic mass is 35.5. The van der Waals surface area contributed by atoms with Crippen molar-refractivity contribution < 1.29 is 4.79 Å². The highest BCUT2D eigenvalue weighted by Crippen LogP contribution is 2.46. The second-order valence-corrected chi connectivity index (χ2v) is 6.72. The minimum absolute atomic E-state index is 0.245. The molecule has 1 fully saturated rings. The van der Waals surface area contributed by atoms with Crippen molar-refractivity contribution in [1.82, 2.24) is 15.2 Å². The van der Waals surface area contributed by atoms with E-state index < -0.39 is 0 Å². The number of hydrogen-bond donors (Lipinski definition) is 2. The fourth-order valence-corrected chi connectivity index (χ4v) is 3.38. The van der Waals surface area contributed by atoms with Gasteiger partial charge in [-0.15, -0.1) is 0 Å². The van der Waals surface area contributed by atoms with E-state index in [1.807, 2.05) is 18.2 Å². The van der Waals surface area contributed by atoms with Crippen LogP contribution in [0.25, 0.3) is 11.4 Å². The fourth-order valence-electron chi connectivity index (χ4n) is 2.81. The van der Waals surface area contributed by atoms with Crippen molar-refractivity contribution in [2.75, 3.05) is 5.32 Å². The molecule has 3 aromatic rings. The molecule has 1 aliphatic rings. The summed E-state index contributed by atoms with van der Waals surface area (Å²) < 4.78 is 0. The van der Waals surface area contributed by atoms with Crippen LogP contribution in [-0.4, -0.2) is 21.1 Å². The molecule has 0 aliphatic heterocycles. The number of anilines is 1. The number of rotatable bonds is 4. The molecule has 1 saturated carbocycles. The molecule has 1 aliphatic carbocycles. The van der Waals surface area contributed by atoms with Gasteiger partial charge in [-0.2, -0.15) is 5.10 Å². The molecular weight excluding hydrogens is 359 g/mol. The van der Waals surface area contributed by atoms with Crippen molar-refractivity contribution in [3.05, 3.63) is 63.8 Å². The van der Waals surface area contributed by atoms with Gasteiger partial charge in [0.05, 0.1) is 27.0 Å². The maximum atomic E-state index is 12.6. The Kier molecular flexibility index (Phi) is 4.19. The molecule has 5 nitrogen and oxygen atoms in total. The van der Waals surface area contributed by atoms with E-state index in [0.29, 0.717) is 21.8 Å². The molecule has 1 amide bonds. The first-order valence-corrected chi connectivity index (χ1v) is 8.65. The van der Waals surface area contributed by atoms with Crippen LogP contribution < -0.4 is 5.32 Å². The Morgan fingerprint density at radius 3 is 2.52 bits per heavy atom. The maximum absolute atomic E-state index is 12.6. The Labute approximate surface area is 154 Å². The van der Waals surface area contributed by atoms with E-state index in [0.717, 1.165) is 29.8 Å². The Bertz CT molecular complexity index is 915. The van der Waals surface area contributed by atoms with Gasteiger partial charge in [0.25, 0.3) is 5.91 Å². The number of amides is 1. The van der Waals surface area contributed by atoms with Gasteiger partial charge in [-0.1, -0.05) is 35.3 Å². The summed E-state index contributed by atoms with van der Waals surface area (Å²) in [5.74, 6) is 0.494. The molecule has 2 heterocycles. The van der Waals surface area contributed by atoms with Crippen LogP contribution in [-0.2, 0) is 0 Å². The highest BCUT2D eigenvalue weighted by molar-refractivity contribution is 6.40. The lowest BCUT2D eigenvalue weighted by atomic mass is 10.1. The molecule has 0 atom stereocenters. The largest absolute Gasteiger partial charge is 0.305 e. The summed E-state index contributed by atoms with van der Waals surface area (Å²) >= 11 is 12.2. The third kappa shape index (κ3) is 3.13. The van der Waals surface area contributed by atoms with Crippen molar-refractivity contribution in [3.8, 4) is 11.4 Å². The average molecular weight is 373 g/mol. The molecule has 0 unspecified atom stereocenters. The third-order valence-corrected chi connectivity index (χ3v) is 4.76. The molecular formula is C18H14Cl2N4O. The Morgan fingerprint density at radius 1 is 1.12 bits per heavy atom. The summed E-state index contributed by atoms with van der Waals surface area (Å²) in [4.78, 5) is 17.0. The van der Waals surface area contributed by atoms with Gasteiger partial charge in [0.2, 0.25) is 0 Å². The van der Waals surface area contributed by atoms with E-state index in [4.69, 9.17) is 23.2 Å². The zero-order valence-corrected chi connectivity index (χ0v) is 14.6. The summed E-state index contributed by atoms with van der Waals surface area (Å²) in [6.45, 7) is 0. The zero-order chi connectivity index (χ0) is 17.4. The summed E-state index contributed by atoms with van der Waals surface area (Å²) in [5, 5.41) is 10.8. The van der Waals surface area contributed by atoms with Crippen molar-refractivity contribution >= 4 is 34.9 Å². The average Bonchev–Trinajstić information content (AvgIpc) is 3.36. The Hall–Kier alpha value is -2.37. The molecule has 2 N–H and O–H groups in total.